The lowest BCUT2D eigenvalue weighted by molar-refractivity contribution is 0.560. The van der Waals surface area contributed by atoms with E-state index in [9.17, 15) is 8.42 Å². The summed E-state index contributed by atoms with van der Waals surface area (Å²) in [5, 5.41) is 14.1. The molecule has 0 spiro atoms. The standard InChI is InChI=1S/C16H18N2O2S/c1-16(2,21(3,19)20)11-18-15-9-8-12(10-17)13-6-4-5-7-14(13)15/h4-9,18H,11H2,1-3H3. The van der Waals surface area contributed by atoms with E-state index in [0.29, 0.717) is 12.1 Å². The van der Waals surface area contributed by atoms with E-state index in [1.165, 1.54) is 6.26 Å². The van der Waals surface area contributed by atoms with Crippen molar-refractivity contribution in [3.8, 4) is 6.07 Å². The van der Waals surface area contributed by atoms with E-state index in [0.717, 1.165) is 16.5 Å². The van der Waals surface area contributed by atoms with Gasteiger partial charge >= 0.3 is 0 Å². The summed E-state index contributed by atoms with van der Waals surface area (Å²) in [6.45, 7) is 3.70. The van der Waals surface area contributed by atoms with E-state index in [2.05, 4.69) is 11.4 Å². The van der Waals surface area contributed by atoms with Crippen molar-refractivity contribution in [2.45, 2.75) is 18.6 Å². The number of nitrogens with zero attached hydrogens (tertiary/aromatic N) is 1. The third kappa shape index (κ3) is 3.01. The Morgan fingerprint density at radius 2 is 1.76 bits per heavy atom. The molecule has 0 unspecified atom stereocenters. The molecule has 21 heavy (non-hydrogen) atoms. The Labute approximate surface area is 125 Å². The van der Waals surface area contributed by atoms with Gasteiger partial charge < -0.3 is 5.32 Å². The van der Waals surface area contributed by atoms with E-state index >= 15 is 0 Å². The highest BCUT2D eigenvalue weighted by molar-refractivity contribution is 7.92. The fraction of sp³-hybridized carbons (Fsp3) is 0.312. The quantitative estimate of drug-likeness (QED) is 0.942. The van der Waals surface area contributed by atoms with Gasteiger partial charge in [0, 0.05) is 29.3 Å². The van der Waals surface area contributed by atoms with E-state index in [-0.39, 0.29) is 0 Å². The average Bonchev–Trinajstić information content (AvgIpc) is 2.43. The van der Waals surface area contributed by atoms with Gasteiger partial charge in [0.1, 0.15) is 0 Å². The largest absolute Gasteiger partial charge is 0.383 e. The summed E-state index contributed by atoms with van der Waals surface area (Å²) in [5.74, 6) is 0. The van der Waals surface area contributed by atoms with Crippen molar-refractivity contribution in [3.63, 3.8) is 0 Å². The molecule has 0 aliphatic rings. The van der Waals surface area contributed by atoms with Gasteiger partial charge in [0.2, 0.25) is 0 Å². The van der Waals surface area contributed by atoms with Crippen LogP contribution in [0.5, 0.6) is 0 Å². The summed E-state index contributed by atoms with van der Waals surface area (Å²) < 4.78 is 22.7. The smallest absolute Gasteiger partial charge is 0.154 e. The molecule has 0 aliphatic carbocycles. The number of sulfone groups is 1. The first-order valence-corrected chi connectivity index (χ1v) is 8.51. The maximum atomic E-state index is 11.8. The summed E-state index contributed by atoms with van der Waals surface area (Å²) in [4.78, 5) is 0. The molecule has 0 aromatic heterocycles. The lowest BCUT2D eigenvalue weighted by Gasteiger charge is -2.24. The minimum absolute atomic E-state index is 0.307. The monoisotopic (exact) mass is 302 g/mol. The van der Waals surface area contributed by atoms with E-state index in [1.807, 2.05) is 30.3 Å². The number of hydrogen-bond donors (Lipinski definition) is 1. The van der Waals surface area contributed by atoms with Gasteiger partial charge in [0.15, 0.2) is 9.84 Å². The van der Waals surface area contributed by atoms with Crippen LogP contribution in [0.2, 0.25) is 0 Å². The molecule has 0 atom stereocenters. The Hall–Kier alpha value is -2.06. The van der Waals surface area contributed by atoms with Gasteiger partial charge in [-0.05, 0) is 26.0 Å². The van der Waals surface area contributed by atoms with Gasteiger partial charge in [0.05, 0.1) is 16.4 Å². The molecule has 2 rings (SSSR count). The predicted octanol–water partition coefficient (Wildman–Crippen LogP) is 2.95. The van der Waals surface area contributed by atoms with Crippen LogP contribution in [0.3, 0.4) is 0 Å². The Kier molecular flexibility index (Phi) is 3.93. The second-order valence-electron chi connectivity index (χ2n) is 5.70. The Bertz CT molecular complexity index is 818. The van der Waals surface area contributed by atoms with E-state index in [4.69, 9.17) is 5.26 Å². The fourth-order valence-electron chi connectivity index (χ4n) is 1.99. The summed E-state index contributed by atoms with van der Waals surface area (Å²) in [6.07, 6.45) is 1.24. The number of rotatable bonds is 4. The zero-order chi connectivity index (χ0) is 15.7. The molecule has 0 radical (unpaired) electrons. The first-order chi connectivity index (χ1) is 9.76. The Morgan fingerprint density at radius 3 is 2.33 bits per heavy atom. The molecule has 0 saturated carbocycles. The molecule has 0 bridgehead atoms. The van der Waals surface area contributed by atoms with Gasteiger partial charge in [-0.3, -0.25) is 0 Å². The minimum atomic E-state index is -3.15. The second-order valence-corrected chi connectivity index (χ2v) is 8.35. The molecule has 2 aromatic rings. The molecule has 1 N–H and O–H groups in total. The number of nitriles is 1. The molecule has 0 saturated heterocycles. The molecule has 110 valence electrons. The summed E-state index contributed by atoms with van der Waals surface area (Å²) in [6, 6.07) is 13.3. The molecule has 0 amide bonds. The Balaban J connectivity index is 2.39. The van der Waals surface area contributed by atoms with Crippen LogP contribution in [-0.4, -0.2) is 26.0 Å². The highest BCUT2D eigenvalue weighted by Gasteiger charge is 2.29. The van der Waals surface area contributed by atoms with Crippen molar-refractivity contribution in [2.24, 2.45) is 0 Å². The Morgan fingerprint density at radius 1 is 1.14 bits per heavy atom. The van der Waals surface area contributed by atoms with Gasteiger partial charge in [-0.25, -0.2) is 8.42 Å². The molecular weight excluding hydrogens is 284 g/mol. The summed E-state index contributed by atoms with van der Waals surface area (Å²) in [5.41, 5.74) is 1.44. The normalized spacial score (nSPS) is 12.1. The highest BCUT2D eigenvalue weighted by atomic mass is 32.2. The van der Waals surface area contributed by atoms with Crippen molar-refractivity contribution in [3.05, 3.63) is 42.0 Å². The van der Waals surface area contributed by atoms with Gasteiger partial charge in [0.25, 0.3) is 0 Å². The predicted molar refractivity (Wildman–Crippen MR) is 86.1 cm³/mol. The SMILES string of the molecule is CC(C)(CNc1ccc(C#N)c2ccccc12)S(C)(=O)=O. The van der Waals surface area contributed by atoms with E-state index < -0.39 is 14.6 Å². The molecule has 0 aliphatic heterocycles. The van der Waals surface area contributed by atoms with Crippen LogP contribution in [0.15, 0.2) is 36.4 Å². The summed E-state index contributed by atoms with van der Waals surface area (Å²) >= 11 is 0. The second kappa shape index (κ2) is 5.38. The van der Waals surface area contributed by atoms with Crippen LogP contribution in [0.4, 0.5) is 5.69 Å². The number of anilines is 1. The van der Waals surface area contributed by atoms with Crippen LogP contribution < -0.4 is 5.32 Å². The summed E-state index contributed by atoms with van der Waals surface area (Å²) in [7, 11) is -3.15. The zero-order valence-electron chi connectivity index (χ0n) is 12.3. The zero-order valence-corrected chi connectivity index (χ0v) is 13.2. The number of hydrogen-bond acceptors (Lipinski definition) is 4. The third-order valence-corrected chi connectivity index (χ3v) is 5.90. The molecule has 5 heteroatoms. The van der Waals surface area contributed by atoms with Gasteiger partial charge in [-0.15, -0.1) is 0 Å². The van der Waals surface area contributed by atoms with Crippen LogP contribution in [0.25, 0.3) is 10.8 Å². The van der Waals surface area contributed by atoms with Gasteiger partial charge in [-0.1, -0.05) is 24.3 Å². The highest BCUT2D eigenvalue weighted by Crippen LogP contribution is 2.27. The van der Waals surface area contributed by atoms with Crippen molar-refractivity contribution in [1.82, 2.24) is 0 Å². The molecule has 2 aromatic carbocycles. The van der Waals surface area contributed by atoms with E-state index in [1.54, 1.807) is 19.9 Å². The third-order valence-electron chi connectivity index (χ3n) is 3.75. The van der Waals surface area contributed by atoms with Crippen LogP contribution in [0, 0.1) is 11.3 Å². The fourth-order valence-corrected chi connectivity index (χ4v) is 2.32. The maximum absolute atomic E-state index is 11.8. The number of fused-ring (bicyclic) bond motifs is 1. The lowest BCUT2D eigenvalue weighted by Crippen LogP contribution is -2.38. The van der Waals surface area contributed by atoms with Crippen molar-refractivity contribution >= 4 is 26.3 Å². The van der Waals surface area contributed by atoms with Crippen LogP contribution in [-0.2, 0) is 9.84 Å². The van der Waals surface area contributed by atoms with Crippen LogP contribution >= 0.6 is 0 Å². The first-order valence-electron chi connectivity index (χ1n) is 6.61. The maximum Gasteiger partial charge on any atom is 0.154 e. The van der Waals surface area contributed by atoms with Crippen molar-refractivity contribution in [1.29, 1.82) is 5.26 Å². The lowest BCUT2D eigenvalue weighted by atomic mass is 10.0. The van der Waals surface area contributed by atoms with Crippen molar-refractivity contribution < 1.29 is 8.42 Å². The number of nitrogens with one attached hydrogen (secondary N) is 1. The minimum Gasteiger partial charge on any atom is -0.383 e. The molecule has 0 heterocycles. The van der Waals surface area contributed by atoms with Crippen LogP contribution in [0.1, 0.15) is 19.4 Å². The number of benzene rings is 2. The van der Waals surface area contributed by atoms with Gasteiger partial charge in [-0.2, -0.15) is 5.26 Å². The molecular formula is C16H18N2O2S. The van der Waals surface area contributed by atoms with Crippen molar-refractivity contribution in [2.75, 3.05) is 18.1 Å². The first kappa shape index (κ1) is 15.3. The molecule has 0 fully saturated rings. The molecule has 4 nitrogen and oxygen atoms in total. The average molecular weight is 302 g/mol. The topological polar surface area (TPSA) is 70.0 Å².